The molecule has 4 heteroatoms. The fraction of sp³-hybridized carbons (Fsp3) is 0.533. The summed E-state index contributed by atoms with van der Waals surface area (Å²) >= 11 is 0. The van der Waals surface area contributed by atoms with E-state index in [0.717, 1.165) is 12.8 Å². The highest BCUT2D eigenvalue weighted by Gasteiger charge is 2.08. The number of amides is 2. The maximum absolute atomic E-state index is 12.7. The molecule has 2 N–H and O–H groups in total. The number of carbonyl (C=O) groups is 1. The number of rotatable bonds is 7. The van der Waals surface area contributed by atoms with Crippen molar-refractivity contribution in [3.8, 4) is 0 Å². The molecular formula is C15H23FN2O. The summed E-state index contributed by atoms with van der Waals surface area (Å²) in [4.78, 5) is 11.7. The van der Waals surface area contributed by atoms with E-state index in [-0.39, 0.29) is 11.8 Å². The summed E-state index contributed by atoms with van der Waals surface area (Å²) < 4.78 is 12.7. The van der Waals surface area contributed by atoms with E-state index >= 15 is 0 Å². The molecule has 1 atom stereocenters. The molecule has 0 aromatic heterocycles. The Morgan fingerprint density at radius 2 is 1.95 bits per heavy atom. The monoisotopic (exact) mass is 266 g/mol. The molecule has 1 rings (SSSR count). The Labute approximate surface area is 114 Å². The number of carbonyl (C=O) groups excluding carboxylic acids is 1. The molecule has 0 aliphatic carbocycles. The maximum Gasteiger partial charge on any atom is 0.319 e. The molecule has 0 spiro atoms. The van der Waals surface area contributed by atoms with Gasteiger partial charge >= 0.3 is 6.03 Å². The molecule has 106 valence electrons. The van der Waals surface area contributed by atoms with E-state index < -0.39 is 0 Å². The van der Waals surface area contributed by atoms with Crippen molar-refractivity contribution < 1.29 is 9.18 Å². The highest BCUT2D eigenvalue weighted by atomic mass is 19.1. The Kier molecular flexibility index (Phi) is 6.93. The lowest BCUT2D eigenvalue weighted by Crippen LogP contribution is -2.33. The Morgan fingerprint density at radius 3 is 2.53 bits per heavy atom. The van der Waals surface area contributed by atoms with Gasteiger partial charge in [-0.3, -0.25) is 0 Å². The van der Waals surface area contributed by atoms with Gasteiger partial charge in [-0.15, -0.1) is 0 Å². The highest BCUT2D eigenvalue weighted by molar-refractivity contribution is 5.89. The minimum atomic E-state index is -0.309. The predicted molar refractivity (Wildman–Crippen MR) is 76.7 cm³/mol. The van der Waals surface area contributed by atoms with Crippen LogP contribution in [0.1, 0.15) is 39.5 Å². The number of anilines is 1. The van der Waals surface area contributed by atoms with Crippen LogP contribution in [-0.2, 0) is 0 Å². The molecule has 0 heterocycles. The standard InChI is InChI=1S/C15H23FN2O/c1-3-5-6-12(4-2)11-17-15(19)18-14-9-7-13(16)8-10-14/h7-10,12H,3-6,11H2,1-2H3,(H2,17,18,19)/t12-/m0/s1. The molecule has 2 amide bonds. The molecule has 3 nitrogen and oxygen atoms in total. The van der Waals surface area contributed by atoms with E-state index in [1.54, 1.807) is 12.1 Å². The maximum atomic E-state index is 12.7. The average molecular weight is 266 g/mol. The molecule has 0 saturated carbocycles. The number of urea groups is 1. The van der Waals surface area contributed by atoms with Crippen LogP contribution < -0.4 is 10.6 Å². The quantitative estimate of drug-likeness (QED) is 0.764. The van der Waals surface area contributed by atoms with Gasteiger partial charge in [-0.25, -0.2) is 9.18 Å². The average Bonchev–Trinajstić information content (AvgIpc) is 2.42. The lowest BCUT2D eigenvalue weighted by molar-refractivity contribution is 0.249. The van der Waals surface area contributed by atoms with E-state index in [4.69, 9.17) is 0 Å². The summed E-state index contributed by atoms with van der Waals surface area (Å²) in [5, 5.41) is 5.55. The van der Waals surface area contributed by atoms with Gasteiger partial charge in [0.15, 0.2) is 0 Å². The van der Waals surface area contributed by atoms with Crippen LogP contribution in [0.3, 0.4) is 0 Å². The molecule has 1 aromatic carbocycles. The van der Waals surface area contributed by atoms with E-state index in [2.05, 4.69) is 24.5 Å². The first-order valence-corrected chi connectivity index (χ1v) is 6.96. The number of unbranched alkanes of at least 4 members (excludes halogenated alkanes) is 1. The SMILES string of the molecule is CCCC[C@H](CC)CNC(=O)Nc1ccc(F)cc1. The molecular weight excluding hydrogens is 243 g/mol. The Bertz CT molecular complexity index is 378. The van der Waals surface area contributed by atoms with Gasteiger partial charge in [-0.1, -0.05) is 33.1 Å². The van der Waals surface area contributed by atoms with Crippen molar-refractivity contribution in [3.05, 3.63) is 30.1 Å². The van der Waals surface area contributed by atoms with Crippen molar-refractivity contribution in [2.75, 3.05) is 11.9 Å². The van der Waals surface area contributed by atoms with Crippen molar-refractivity contribution in [3.63, 3.8) is 0 Å². The summed E-state index contributed by atoms with van der Waals surface area (Å²) in [6.45, 7) is 4.99. The van der Waals surface area contributed by atoms with Crippen LogP contribution in [0, 0.1) is 11.7 Å². The van der Waals surface area contributed by atoms with E-state index in [0.29, 0.717) is 18.2 Å². The summed E-state index contributed by atoms with van der Waals surface area (Å²) in [7, 11) is 0. The first-order valence-electron chi connectivity index (χ1n) is 6.96. The van der Waals surface area contributed by atoms with Crippen molar-refractivity contribution >= 4 is 11.7 Å². The summed E-state index contributed by atoms with van der Waals surface area (Å²) in [5.74, 6) is 0.218. The van der Waals surface area contributed by atoms with Crippen LogP contribution in [0.5, 0.6) is 0 Å². The molecule has 0 unspecified atom stereocenters. The molecule has 0 aliphatic rings. The topological polar surface area (TPSA) is 41.1 Å². The molecule has 1 aromatic rings. The number of hydrogen-bond donors (Lipinski definition) is 2. The Morgan fingerprint density at radius 1 is 1.26 bits per heavy atom. The molecule has 0 bridgehead atoms. The van der Waals surface area contributed by atoms with E-state index in [9.17, 15) is 9.18 Å². The van der Waals surface area contributed by atoms with Crippen LogP contribution >= 0.6 is 0 Å². The van der Waals surface area contributed by atoms with Gasteiger partial charge < -0.3 is 10.6 Å². The van der Waals surface area contributed by atoms with Gasteiger partial charge in [-0.2, -0.15) is 0 Å². The van der Waals surface area contributed by atoms with Crippen LogP contribution in [0.15, 0.2) is 24.3 Å². The minimum absolute atomic E-state index is 0.235. The van der Waals surface area contributed by atoms with Crippen LogP contribution in [0.2, 0.25) is 0 Å². The summed E-state index contributed by atoms with van der Waals surface area (Å²) in [6, 6.07) is 5.51. The third-order valence-corrected chi connectivity index (χ3v) is 3.20. The van der Waals surface area contributed by atoms with Crippen LogP contribution in [0.25, 0.3) is 0 Å². The second kappa shape index (κ2) is 8.51. The summed E-state index contributed by atoms with van der Waals surface area (Å²) in [5.41, 5.74) is 0.598. The lowest BCUT2D eigenvalue weighted by atomic mass is 9.99. The van der Waals surface area contributed by atoms with Gasteiger partial charge in [0.1, 0.15) is 5.82 Å². The zero-order valence-electron chi connectivity index (χ0n) is 11.7. The van der Waals surface area contributed by atoms with Gasteiger partial charge in [-0.05, 0) is 36.6 Å². The number of hydrogen-bond acceptors (Lipinski definition) is 1. The first kappa shape index (κ1) is 15.5. The summed E-state index contributed by atoms with van der Waals surface area (Å²) in [6.07, 6.45) is 4.58. The highest BCUT2D eigenvalue weighted by Crippen LogP contribution is 2.11. The number of benzene rings is 1. The van der Waals surface area contributed by atoms with Gasteiger partial charge in [0, 0.05) is 12.2 Å². The first-order chi connectivity index (χ1) is 9.15. The van der Waals surface area contributed by atoms with Crippen LogP contribution in [0.4, 0.5) is 14.9 Å². The Hall–Kier alpha value is -1.58. The van der Waals surface area contributed by atoms with E-state index in [1.165, 1.54) is 25.0 Å². The normalized spacial score (nSPS) is 11.9. The number of halogens is 1. The van der Waals surface area contributed by atoms with Crippen molar-refractivity contribution in [2.24, 2.45) is 5.92 Å². The predicted octanol–water partition coefficient (Wildman–Crippen LogP) is 4.16. The Balaban J connectivity index is 2.32. The van der Waals surface area contributed by atoms with Gasteiger partial charge in [0.25, 0.3) is 0 Å². The lowest BCUT2D eigenvalue weighted by Gasteiger charge is -2.15. The third kappa shape index (κ3) is 6.22. The largest absolute Gasteiger partial charge is 0.338 e. The zero-order valence-corrected chi connectivity index (χ0v) is 11.7. The van der Waals surface area contributed by atoms with Crippen molar-refractivity contribution in [2.45, 2.75) is 39.5 Å². The van der Waals surface area contributed by atoms with Crippen molar-refractivity contribution in [1.29, 1.82) is 0 Å². The molecule has 0 saturated heterocycles. The smallest absolute Gasteiger partial charge is 0.319 e. The van der Waals surface area contributed by atoms with Crippen LogP contribution in [-0.4, -0.2) is 12.6 Å². The molecule has 0 aliphatic heterocycles. The molecule has 0 radical (unpaired) electrons. The second-order valence-electron chi connectivity index (χ2n) is 4.76. The fourth-order valence-electron chi connectivity index (χ4n) is 1.89. The van der Waals surface area contributed by atoms with Gasteiger partial charge in [0.05, 0.1) is 0 Å². The fourth-order valence-corrected chi connectivity index (χ4v) is 1.89. The minimum Gasteiger partial charge on any atom is -0.338 e. The third-order valence-electron chi connectivity index (χ3n) is 3.20. The second-order valence-corrected chi connectivity index (χ2v) is 4.76. The molecule has 19 heavy (non-hydrogen) atoms. The molecule has 0 fully saturated rings. The zero-order chi connectivity index (χ0) is 14.1. The van der Waals surface area contributed by atoms with Crippen molar-refractivity contribution in [1.82, 2.24) is 5.32 Å². The van der Waals surface area contributed by atoms with E-state index in [1.807, 2.05) is 0 Å². The van der Waals surface area contributed by atoms with Gasteiger partial charge in [0.2, 0.25) is 0 Å². The number of nitrogens with one attached hydrogen (secondary N) is 2.